The van der Waals surface area contributed by atoms with Crippen LogP contribution in [0.2, 0.25) is 0 Å². The van der Waals surface area contributed by atoms with E-state index in [0.29, 0.717) is 51.9 Å². The van der Waals surface area contributed by atoms with Gasteiger partial charge in [0.1, 0.15) is 17.7 Å². The number of nitrogens with one attached hydrogen (secondary N) is 2. The molecule has 2 saturated heterocycles. The molecule has 3 N–H and O–H groups in total. The number of hydrogen-bond donors (Lipinski definition) is 3. The highest BCUT2D eigenvalue weighted by atomic mass is 16.5. The van der Waals surface area contributed by atoms with Gasteiger partial charge in [-0.05, 0) is 55.5 Å². The molecule has 7 rings (SSSR count). The Morgan fingerprint density at radius 3 is 1.33 bits per heavy atom. The van der Waals surface area contributed by atoms with E-state index >= 15 is 0 Å². The molecule has 2 heterocycles. The predicted octanol–water partition coefficient (Wildman–Crippen LogP) is 6.27. The van der Waals surface area contributed by atoms with Gasteiger partial charge in [0.05, 0.1) is 0 Å². The molecule has 3 aromatic rings. The molecular weight excluding hydrogens is 697 g/mol. The summed E-state index contributed by atoms with van der Waals surface area (Å²) in [6.45, 7) is 5.80. The van der Waals surface area contributed by atoms with Gasteiger partial charge >= 0.3 is 24.0 Å². The third-order valence-corrected chi connectivity index (χ3v) is 11.5. The number of aliphatic carboxylic acids is 1. The number of rotatable bonds is 8. The number of nitrogens with zero attached hydrogens (tertiary/aromatic N) is 4. The molecule has 0 spiro atoms. The zero-order valence-electron chi connectivity index (χ0n) is 31.9. The van der Waals surface area contributed by atoms with Crippen LogP contribution in [0.3, 0.4) is 0 Å². The van der Waals surface area contributed by atoms with Gasteiger partial charge in [-0.3, -0.25) is 0 Å². The van der Waals surface area contributed by atoms with E-state index in [9.17, 15) is 24.3 Å². The Morgan fingerprint density at radius 1 is 0.527 bits per heavy atom. The molecule has 0 unspecified atom stereocenters. The summed E-state index contributed by atoms with van der Waals surface area (Å²) in [7, 11) is 0. The smallest absolute Gasteiger partial charge is 0.332 e. The minimum absolute atomic E-state index is 0.161. The number of carboxylic acid groups (broad SMARTS) is 1. The molecule has 2 aliphatic heterocycles. The lowest BCUT2D eigenvalue weighted by atomic mass is 9.81. The normalized spacial score (nSPS) is 19.3. The number of ether oxygens (including phenoxy) is 1. The Labute approximate surface area is 324 Å². The first-order chi connectivity index (χ1) is 26.8. The van der Waals surface area contributed by atoms with E-state index in [2.05, 4.69) is 44.7 Å². The van der Waals surface area contributed by atoms with E-state index in [1.54, 1.807) is 4.90 Å². The van der Waals surface area contributed by atoms with Crippen LogP contribution < -0.4 is 20.4 Å². The van der Waals surface area contributed by atoms with Crippen LogP contribution in [0.15, 0.2) is 91.0 Å². The van der Waals surface area contributed by atoms with Crippen molar-refractivity contribution in [2.24, 2.45) is 0 Å². The summed E-state index contributed by atoms with van der Waals surface area (Å²) in [6.07, 6.45) is 8.00. The van der Waals surface area contributed by atoms with E-state index in [4.69, 9.17) is 4.74 Å². The maximum Gasteiger partial charge on any atom is 0.332 e. The molecule has 4 aliphatic rings. The second kappa shape index (κ2) is 18.9. The van der Waals surface area contributed by atoms with Crippen LogP contribution in [-0.4, -0.2) is 102 Å². The van der Waals surface area contributed by atoms with Crippen molar-refractivity contribution < 1.29 is 29.0 Å². The Hall–Kier alpha value is -5.26. The third-order valence-electron chi connectivity index (χ3n) is 11.5. The second-order valence-electron chi connectivity index (χ2n) is 15.1. The lowest BCUT2D eigenvalue weighted by molar-refractivity contribution is -0.154. The lowest BCUT2D eigenvalue weighted by Gasteiger charge is -2.40. The number of amides is 4. The number of hydrogen-bond acceptors (Lipinski definition) is 7. The lowest BCUT2D eigenvalue weighted by Crippen LogP contribution is -2.61. The van der Waals surface area contributed by atoms with Crippen LogP contribution in [0.25, 0.3) is 0 Å². The average Bonchev–Trinajstić information content (AvgIpc) is 3.24. The molecule has 294 valence electrons. The molecule has 0 radical (unpaired) electrons. The molecule has 2 aliphatic carbocycles. The van der Waals surface area contributed by atoms with Gasteiger partial charge < -0.3 is 40.1 Å². The number of benzene rings is 3. The van der Waals surface area contributed by atoms with Crippen molar-refractivity contribution in [1.82, 2.24) is 20.4 Å². The monoisotopic (exact) mass is 752 g/mol. The highest BCUT2D eigenvalue weighted by Crippen LogP contribution is 2.31. The Kier molecular flexibility index (Phi) is 13.5. The quantitative estimate of drug-likeness (QED) is 0.230. The molecule has 2 saturated carbocycles. The third kappa shape index (κ3) is 10.3. The molecular formula is C43H56N6O6. The molecule has 55 heavy (non-hydrogen) atoms. The van der Waals surface area contributed by atoms with Crippen molar-refractivity contribution in [1.29, 1.82) is 0 Å². The number of esters is 1. The number of piperazine rings is 2. The van der Waals surface area contributed by atoms with Gasteiger partial charge in [-0.25, -0.2) is 19.2 Å². The van der Waals surface area contributed by atoms with Gasteiger partial charge in [-0.1, -0.05) is 105 Å². The molecule has 0 atom stereocenters. The summed E-state index contributed by atoms with van der Waals surface area (Å²) in [5, 5.41) is 15.5. The van der Waals surface area contributed by atoms with Crippen LogP contribution in [-0.2, 0) is 20.9 Å². The molecule has 12 heteroatoms. The Bertz CT molecular complexity index is 1680. The Morgan fingerprint density at radius 2 is 0.909 bits per heavy atom. The summed E-state index contributed by atoms with van der Waals surface area (Å²) in [5.41, 5.74) is 1.29. The number of urea groups is 2. The minimum atomic E-state index is -1.08. The highest BCUT2D eigenvalue weighted by molar-refractivity contribution is 5.88. The van der Waals surface area contributed by atoms with Crippen LogP contribution in [0.5, 0.6) is 0 Å². The van der Waals surface area contributed by atoms with Crippen molar-refractivity contribution in [3.05, 3.63) is 96.6 Å². The topological polar surface area (TPSA) is 135 Å². The summed E-state index contributed by atoms with van der Waals surface area (Å²) in [6, 6.07) is 29.6. The average molecular weight is 753 g/mol. The molecule has 0 aromatic heterocycles. The number of anilines is 2. The van der Waals surface area contributed by atoms with Gasteiger partial charge in [0.15, 0.2) is 0 Å². The number of para-hydroxylation sites is 2. The fourth-order valence-corrected chi connectivity index (χ4v) is 8.13. The molecule has 12 nitrogen and oxygen atoms in total. The van der Waals surface area contributed by atoms with Crippen LogP contribution >= 0.6 is 0 Å². The fourth-order valence-electron chi connectivity index (χ4n) is 8.13. The van der Waals surface area contributed by atoms with Gasteiger partial charge in [0, 0.05) is 63.7 Å². The van der Waals surface area contributed by atoms with Crippen molar-refractivity contribution >= 4 is 35.4 Å². The van der Waals surface area contributed by atoms with Gasteiger partial charge in [-0.2, -0.15) is 0 Å². The van der Waals surface area contributed by atoms with Gasteiger partial charge in [-0.15, -0.1) is 0 Å². The molecule has 4 amide bonds. The van der Waals surface area contributed by atoms with Gasteiger partial charge in [0.2, 0.25) is 0 Å². The van der Waals surface area contributed by atoms with Crippen LogP contribution in [0.4, 0.5) is 21.0 Å². The fraction of sp³-hybridized carbons (Fsp3) is 0.488. The summed E-state index contributed by atoms with van der Waals surface area (Å²) >= 11 is 0. The minimum Gasteiger partial charge on any atom is -0.480 e. The summed E-state index contributed by atoms with van der Waals surface area (Å²) in [4.78, 5) is 58.5. The van der Waals surface area contributed by atoms with Crippen LogP contribution in [0, 0.1) is 0 Å². The second-order valence-corrected chi connectivity index (χ2v) is 15.1. The van der Waals surface area contributed by atoms with Gasteiger partial charge in [0.25, 0.3) is 0 Å². The zero-order chi connectivity index (χ0) is 38.5. The first kappa shape index (κ1) is 39.4. The Balaban J connectivity index is 0.000000193. The number of carbonyl (C=O) groups excluding carboxylic acids is 3. The van der Waals surface area contributed by atoms with E-state index in [0.717, 1.165) is 76.0 Å². The van der Waals surface area contributed by atoms with E-state index in [1.807, 2.05) is 71.6 Å². The molecule has 0 bridgehead atoms. The number of carboxylic acids is 1. The largest absolute Gasteiger partial charge is 0.480 e. The maximum absolute atomic E-state index is 13.1. The summed E-state index contributed by atoms with van der Waals surface area (Å²) < 4.78 is 5.65. The van der Waals surface area contributed by atoms with E-state index in [1.165, 1.54) is 5.69 Å². The predicted molar refractivity (Wildman–Crippen MR) is 213 cm³/mol. The van der Waals surface area contributed by atoms with Crippen molar-refractivity contribution in [2.45, 2.75) is 81.9 Å². The van der Waals surface area contributed by atoms with Crippen molar-refractivity contribution in [2.75, 3.05) is 62.2 Å². The van der Waals surface area contributed by atoms with Crippen molar-refractivity contribution in [3.63, 3.8) is 0 Å². The van der Waals surface area contributed by atoms with Crippen molar-refractivity contribution in [3.8, 4) is 0 Å². The molecule has 3 aromatic carbocycles. The standard InChI is InChI=1S/C25H31N3O3.C18H25N3O3/c29-23(31-20-21-10-4-1-5-11-21)25(14-8-3-9-15-25)26-24(30)28-18-16-27(17-19-28)22-12-6-2-7-13-22;22-16(23)18(9-5-2-6-10-18)19-17(24)21-13-11-20(12-14-21)15-7-3-1-4-8-15/h1-2,4-7,10-13H,3,8-9,14-20H2,(H,26,30);1,3-4,7-8H,2,5-6,9-14H2,(H,19,24)(H,22,23). The van der Waals surface area contributed by atoms with E-state index in [-0.39, 0.29) is 24.6 Å². The zero-order valence-corrected chi connectivity index (χ0v) is 31.9. The first-order valence-corrected chi connectivity index (χ1v) is 20.0. The number of carbonyl (C=O) groups is 4. The molecule has 4 fully saturated rings. The SMILES string of the molecule is O=C(NC1(C(=O)O)CCCCC1)N1CCN(c2ccccc2)CC1.O=C(NC1(C(=O)OCc2ccccc2)CCCCC1)N1CCN(c2ccccc2)CC1. The highest BCUT2D eigenvalue weighted by Gasteiger charge is 2.44. The summed E-state index contributed by atoms with van der Waals surface area (Å²) in [5.74, 6) is -1.22. The van der Waals surface area contributed by atoms with Crippen LogP contribution in [0.1, 0.15) is 69.8 Å². The maximum atomic E-state index is 13.1. The first-order valence-electron chi connectivity index (χ1n) is 20.0. The van der Waals surface area contributed by atoms with E-state index < -0.39 is 17.0 Å².